The van der Waals surface area contributed by atoms with Gasteiger partial charge in [-0.05, 0) is 60.6 Å². The Morgan fingerprint density at radius 1 is 1.14 bits per heavy atom. The van der Waals surface area contributed by atoms with E-state index in [0.29, 0.717) is 5.56 Å². The smallest absolute Gasteiger partial charge is 0.350 e. The molecule has 0 aromatic heterocycles. The first kappa shape index (κ1) is 21.5. The average molecular weight is 420 g/mol. The van der Waals surface area contributed by atoms with E-state index in [4.69, 9.17) is 0 Å². The van der Waals surface area contributed by atoms with Crippen LogP contribution in [-0.4, -0.2) is 11.9 Å². The molecule has 2 aromatic carbocycles. The number of nitrogens with one attached hydrogen (secondary N) is 1. The molecule has 154 valence electrons. The molecule has 1 amide bonds. The van der Waals surface area contributed by atoms with Gasteiger partial charge in [0.1, 0.15) is 0 Å². The predicted octanol–water partition coefficient (Wildman–Crippen LogP) is 6.66. The minimum Gasteiger partial charge on any atom is -0.350 e. The van der Waals surface area contributed by atoms with Gasteiger partial charge in [-0.1, -0.05) is 49.9 Å². The van der Waals surface area contributed by atoms with E-state index in [1.165, 1.54) is 18.2 Å². The summed E-state index contributed by atoms with van der Waals surface area (Å²) in [5.41, 5.74) is 0.674. The lowest BCUT2D eigenvalue weighted by atomic mass is 9.93. The monoisotopic (exact) mass is 419 g/mol. The van der Waals surface area contributed by atoms with Crippen molar-refractivity contribution in [2.45, 2.75) is 61.0 Å². The van der Waals surface area contributed by atoms with Crippen LogP contribution >= 0.6 is 11.8 Å². The summed E-state index contributed by atoms with van der Waals surface area (Å²) in [6.07, 6.45) is 1.27. The molecule has 6 heteroatoms. The second kappa shape index (κ2) is 9.08. The summed E-state index contributed by atoms with van der Waals surface area (Å²) in [7, 11) is 0. The molecule has 3 rings (SSSR count). The van der Waals surface area contributed by atoms with Crippen LogP contribution in [0.25, 0.3) is 6.08 Å². The molecule has 0 spiro atoms. The molecule has 1 aliphatic carbocycles. The molecule has 29 heavy (non-hydrogen) atoms. The van der Waals surface area contributed by atoms with E-state index in [1.807, 2.05) is 38.1 Å². The van der Waals surface area contributed by atoms with Crippen LogP contribution in [0.15, 0.2) is 58.3 Å². The lowest BCUT2D eigenvalue weighted by Gasteiger charge is -2.25. The minimum absolute atomic E-state index is 0.154. The van der Waals surface area contributed by atoms with Crippen molar-refractivity contribution in [1.29, 1.82) is 0 Å². The van der Waals surface area contributed by atoms with E-state index in [0.717, 1.165) is 47.5 Å². The van der Waals surface area contributed by atoms with Gasteiger partial charge in [0.05, 0.1) is 5.56 Å². The van der Waals surface area contributed by atoms with Crippen LogP contribution in [0.4, 0.5) is 13.2 Å². The third-order valence-corrected chi connectivity index (χ3v) is 6.12. The Bertz CT molecular complexity index is 901. The molecule has 0 bridgehead atoms. The largest absolute Gasteiger partial charge is 0.417 e. The van der Waals surface area contributed by atoms with Crippen LogP contribution in [0.1, 0.15) is 55.7 Å². The summed E-state index contributed by atoms with van der Waals surface area (Å²) in [4.78, 5) is 12.9. The summed E-state index contributed by atoms with van der Waals surface area (Å²) in [6, 6.07) is 11.9. The van der Waals surface area contributed by atoms with Crippen molar-refractivity contribution >= 4 is 23.7 Å². The second-order valence-electron chi connectivity index (χ2n) is 7.52. The van der Waals surface area contributed by atoms with Crippen LogP contribution in [0.2, 0.25) is 0 Å². The lowest BCUT2D eigenvalue weighted by molar-refractivity contribution is -0.139. The number of hydrogen-bond donors (Lipinski definition) is 1. The standard InChI is InChI=1S/C23H24F3NOS/c1-15(2)18-8-3-4-9-20(18)29-21-12-10-16(14-19(21)23(24,25)26)11-13-22(28)27-17-6-5-7-17/h3-4,8-15,17H,5-7H2,1-2H3,(H,27,28). The quantitative estimate of drug-likeness (QED) is 0.530. The number of halogens is 3. The van der Waals surface area contributed by atoms with E-state index >= 15 is 0 Å². The average Bonchev–Trinajstić information content (AvgIpc) is 2.63. The molecule has 2 aromatic rings. The van der Waals surface area contributed by atoms with Gasteiger partial charge in [0.25, 0.3) is 0 Å². The van der Waals surface area contributed by atoms with Crippen LogP contribution in [0.5, 0.6) is 0 Å². The zero-order valence-corrected chi connectivity index (χ0v) is 17.2. The molecule has 0 heterocycles. The van der Waals surface area contributed by atoms with Gasteiger partial charge in [0.2, 0.25) is 5.91 Å². The summed E-state index contributed by atoms with van der Waals surface area (Å²) in [5.74, 6) is -0.0583. The lowest BCUT2D eigenvalue weighted by Crippen LogP contribution is -2.38. The first-order valence-electron chi connectivity index (χ1n) is 9.70. The molecule has 1 saturated carbocycles. The predicted molar refractivity (Wildman–Crippen MR) is 111 cm³/mol. The number of amides is 1. The van der Waals surface area contributed by atoms with Crippen molar-refractivity contribution in [1.82, 2.24) is 5.32 Å². The fourth-order valence-electron chi connectivity index (χ4n) is 3.10. The zero-order valence-electron chi connectivity index (χ0n) is 16.4. The van der Waals surface area contributed by atoms with E-state index in [-0.39, 0.29) is 22.8 Å². The van der Waals surface area contributed by atoms with Crippen molar-refractivity contribution in [2.75, 3.05) is 0 Å². The highest BCUT2D eigenvalue weighted by atomic mass is 32.2. The van der Waals surface area contributed by atoms with E-state index in [9.17, 15) is 18.0 Å². The Balaban J connectivity index is 1.84. The van der Waals surface area contributed by atoms with Crippen molar-refractivity contribution in [3.63, 3.8) is 0 Å². The fourth-order valence-corrected chi connectivity index (χ4v) is 4.33. The van der Waals surface area contributed by atoms with Crippen LogP contribution in [0.3, 0.4) is 0 Å². The van der Waals surface area contributed by atoms with Crippen molar-refractivity contribution in [3.05, 3.63) is 65.2 Å². The van der Waals surface area contributed by atoms with E-state index in [1.54, 1.807) is 6.07 Å². The van der Waals surface area contributed by atoms with E-state index in [2.05, 4.69) is 5.32 Å². The number of carbonyl (C=O) groups is 1. The van der Waals surface area contributed by atoms with Crippen LogP contribution < -0.4 is 5.32 Å². The maximum atomic E-state index is 13.7. The summed E-state index contributed by atoms with van der Waals surface area (Å²) < 4.78 is 41.1. The Morgan fingerprint density at radius 3 is 2.48 bits per heavy atom. The van der Waals surface area contributed by atoms with Gasteiger partial charge >= 0.3 is 6.18 Å². The molecule has 1 aliphatic rings. The van der Waals surface area contributed by atoms with Gasteiger partial charge in [-0.2, -0.15) is 13.2 Å². The molecule has 0 aliphatic heterocycles. The molecule has 0 atom stereocenters. The Hall–Kier alpha value is -2.21. The van der Waals surface area contributed by atoms with Gasteiger partial charge in [0, 0.05) is 21.9 Å². The topological polar surface area (TPSA) is 29.1 Å². The maximum absolute atomic E-state index is 13.7. The van der Waals surface area contributed by atoms with Gasteiger partial charge in [0.15, 0.2) is 0 Å². The third-order valence-electron chi connectivity index (χ3n) is 4.95. The summed E-state index contributed by atoms with van der Waals surface area (Å²) in [5, 5.41) is 2.84. The first-order valence-corrected chi connectivity index (χ1v) is 10.5. The molecule has 1 fully saturated rings. The zero-order chi connectivity index (χ0) is 21.0. The highest BCUT2D eigenvalue weighted by molar-refractivity contribution is 7.99. The minimum atomic E-state index is -4.48. The van der Waals surface area contributed by atoms with Gasteiger partial charge < -0.3 is 5.32 Å². The normalized spacial score (nSPS) is 15.0. The Morgan fingerprint density at radius 2 is 1.86 bits per heavy atom. The van der Waals surface area contributed by atoms with Gasteiger partial charge in [-0.3, -0.25) is 4.79 Å². The highest BCUT2D eigenvalue weighted by Crippen LogP contribution is 2.42. The van der Waals surface area contributed by atoms with Crippen LogP contribution in [0, 0.1) is 0 Å². The molecule has 0 saturated heterocycles. The number of carbonyl (C=O) groups excluding carboxylic acids is 1. The van der Waals surface area contributed by atoms with Crippen molar-refractivity contribution in [3.8, 4) is 0 Å². The number of rotatable bonds is 6. The molecular weight excluding hydrogens is 395 g/mol. The van der Waals surface area contributed by atoms with Crippen molar-refractivity contribution in [2.24, 2.45) is 0 Å². The number of hydrogen-bond acceptors (Lipinski definition) is 2. The SMILES string of the molecule is CC(C)c1ccccc1Sc1ccc(C=CC(=O)NC2CCC2)cc1C(F)(F)F. The molecule has 1 N–H and O–H groups in total. The summed E-state index contributed by atoms with van der Waals surface area (Å²) in [6.45, 7) is 4.04. The molecule has 0 radical (unpaired) electrons. The Kier molecular flexibility index (Phi) is 6.73. The third kappa shape index (κ3) is 5.66. The van der Waals surface area contributed by atoms with Gasteiger partial charge in [-0.15, -0.1) is 0 Å². The van der Waals surface area contributed by atoms with Crippen LogP contribution in [-0.2, 0) is 11.0 Å². The molecule has 0 unspecified atom stereocenters. The molecule has 2 nitrogen and oxygen atoms in total. The Labute approximate surface area is 173 Å². The highest BCUT2D eigenvalue weighted by Gasteiger charge is 2.34. The van der Waals surface area contributed by atoms with Crippen molar-refractivity contribution < 1.29 is 18.0 Å². The number of benzene rings is 2. The first-order chi connectivity index (χ1) is 13.7. The maximum Gasteiger partial charge on any atom is 0.417 e. The van der Waals surface area contributed by atoms with E-state index < -0.39 is 11.7 Å². The fraction of sp³-hybridized carbons (Fsp3) is 0.348. The van der Waals surface area contributed by atoms with Gasteiger partial charge in [-0.25, -0.2) is 0 Å². The summed E-state index contributed by atoms with van der Waals surface area (Å²) >= 11 is 1.12. The second-order valence-corrected chi connectivity index (χ2v) is 8.60. The number of alkyl halides is 3. The molecular formula is C23H24F3NOS.